The molecule has 0 atom stereocenters. The summed E-state index contributed by atoms with van der Waals surface area (Å²) in [7, 11) is 0. The van der Waals surface area contributed by atoms with Crippen molar-refractivity contribution in [2.45, 2.75) is 31.6 Å². The fourth-order valence-electron chi connectivity index (χ4n) is 3.11. The fourth-order valence-corrected chi connectivity index (χ4v) is 3.11. The Balaban J connectivity index is 0.00000324. The first-order valence-electron chi connectivity index (χ1n) is 9.54. The molecule has 0 radical (unpaired) electrons. The Labute approximate surface area is 204 Å². The Morgan fingerprint density at radius 3 is 1.97 bits per heavy atom. The van der Waals surface area contributed by atoms with E-state index in [9.17, 15) is 26.3 Å². The maximum atomic E-state index is 12.9. The molecule has 3 aromatic rings. The molecule has 1 aliphatic rings. The molecule has 0 saturated carbocycles. The number of aromatic nitrogens is 4. The number of nitrogens with one attached hydrogen (secondary N) is 1. The van der Waals surface area contributed by atoms with Crippen LogP contribution in [0.3, 0.4) is 0 Å². The smallest absolute Gasteiger partial charge is 0.383 e. The summed E-state index contributed by atoms with van der Waals surface area (Å²) < 4.78 is 78.2. The molecule has 4 rings (SSSR count). The minimum atomic E-state index is -4.61. The first-order valence-corrected chi connectivity index (χ1v) is 9.54. The fraction of sp³-hybridized carbons (Fsp3) is 0.238. The van der Waals surface area contributed by atoms with Gasteiger partial charge in [-0.25, -0.2) is 4.98 Å². The van der Waals surface area contributed by atoms with Gasteiger partial charge in [-0.2, -0.15) is 32.4 Å². The predicted octanol–water partition coefficient (Wildman–Crippen LogP) is 4.74. The Hall–Kier alpha value is -3.01. The van der Waals surface area contributed by atoms with E-state index in [1.165, 1.54) is 18.7 Å². The van der Waals surface area contributed by atoms with Crippen LogP contribution in [-0.2, 0) is 32.7 Å². The van der Waals surface area contributed by atoms with Crippen molar-refractivity contribution in [2.24, 2.45) is 0 Å². The number of alkyl halides is 6. The monoisotopic (exact) mass is 661 g/mol. The number of allylic oxidation sites excluding steroid dienone is 1. The van der Waals surface area contributed by atoms with Gasteiger partial charge in [0.2, 0.25) is 0 Å². The van der Waals surface area contributed by atoms with E-state index in [2.05, 4.69) is 26.7 Å². The Morgan fingerprint density at radius 2 is 1.44 bits per heavy atom. The standard InChI is InChI=1S/C21H16F6N6.Pt/c1-19(2,13-5-3-7-17(28-13)32-11-9-15(30-32)20(22,23)24)14-6-4-8-18(29-14)33-12-10-16(31-33)21(25,26)27;/h3-11,30H,1-2H3;/q-2;+2. The molecule has 3 aromatic heterocycles. The zero-order valence-corrected chi connectivity index (χ0v) is 19.8. The third-order valence-electron chi connectivity index (χ3n) is 4.97. The molecule has 0 aromatic carbocycles. The number of nitrogens with zero attached hydrogens (tertiary/aromatic N) is 5. The Kier molecular flexibility index (Phi) is 6.76. The molecule has 1 aliphatic heterocycles. The van der Waals surface area contributed by atoms with E-state index in [0.717, 1.165) is 21.8 Å². The zero-order chi connectivity index (χ0) is 24.0. The SMILES string of the molecule is CC(C)(c1cccc(N2[CH-]C=C(C(F)(F)F)N2)n1)c1cccc(-n2[c-]cc(C(F)(F)F)n2)n1.[Pt+2]. The van der Waals surface area contributed by atoms with Gasteiger partial charge in [-0.3, -0.25) is 10.1 Å². The third kappa shape index (κ3) is 5.06. The van der Waals surface area contributed by atoms with Crippen LogP contribution in [0.4, 0.5) is 32.2 Å². The first kappa shape index (κ1) is 25.6. The molecule has 0 amide bonds. The average Bonchev–Trinajstić information content (AvgIpc) is 3.44. The van der Waals surface area contributed by atoms with Crippen molar-refractivity contribution in [3.8, 4) is 5.82 Å². The van der Waals surface area contributed by atoms with Crippen LogP contribution in [0.2, 0.25) is 0 Å². The van der Waals surface area contributed by atoms with Gasteiger partial charge in [-0.05, 0) is 37.7 Å². The van der Waals surface area contributed by atoms with Crippen molar-refractivity contribution < 1.29 is 47.4 Å². The summed E-state index contributed by atoms with van der Waals surface area (Å²) >= 11 is 0. The molecule has 0 unspecified atom stereocenters. The molecule has 6 nitrogen and oxygen atoms in total. The maximum absolute atomic E-state index is 12.9. The van der Waals surface area contributed by atoms with Crippen molar-refractivity contribution in [3.05, 3.63) is 84.1 Å². The normalized spacial score (nSPS) is 14.2. The minimum Gasteiger partial charge on any atom is -0.383 e. The topological polar surface area (TPSA) is 58.9 Å². The molecule has 0 spiro atoms. The van der Waals surface area contributed by atoms with Gasteiger partial charge >= 0.3 is 33.4 Å². The zero-order valence-electron chi connectivity index (χ0n) is 17.5. The summed E-state index contributed by atoms with van der Waals surface area (Å²) in [5.74, 6) is 0.350. The summed E-state index contributed by atoms with van der Waals surface area (Å²) in [6.45, 7) is 4.80. The van der Waals surface area contributed by atoms with Crippen LogP contribution in [-0.4, -0.2) is 25.9 Å². The van der Waals surface area contributed by atoms with Gasteiger partial charge in [-0.1, -0.05) is 24.4 Å². The molecular weight excluding hydrogens is 645 g/mol. The van der Waals surface area contributed by atoms with Crippen LogP contribution in [0.25, 0.3) is 5.82 Å². The van der Waals surface area contributed by atoms with Gasteiger partial charge in [0, 0.05) is 11.1 Å². The quantitative estimate of drug-likeness (QED) is 0.324. The molecule has 182 valence electrons. The molecule has 0 saturated heterocycles. The number of hydrogen-bond donors (Lipinski definition) is 1. The van der Waals surface area contributed by atoms with Crippen LogP contribution in [0.5, 0.6) is 0 Å². The number of hydrogen-bond acceptors (Lipinski definition) is 5. The summed E-state index contributed by atoms with van der Waals surface area (Å²) in [6.07, 6.45) is -5.83. The molecule has 1 N–H and O–H groups in total. The van der Waals surface area contributed by atoms with Crippen LogP contribution in [0, 0.1) is 12.7 Å². The van der Waals surface area contributed by atoms with Crippen LogP contribution < -0.4 is 10.4 Å². The number of rotatable bonds is 4. The van der Waals surface area contributed by atoms with Crippen molar-refractivity contribution in [1.29, 1.82) is 0 Å². The molecule has 4 heterocycles. The molecule has 13 heteroatoms. The molecule has 0 fully saturated rings. The van der Waals surface area contributed by atoms with Crippen LogP contribution in [0.1, 0.15) is 30.9 Å². The molecular formula is C21H16F6N6Pt. The van der Waals surface area contributed by atoms with Crippen molar-refractivity contribution in [2.75, 3.05) is 5.01 Å². The van der Waals surface area contributed by atoms with E-state index in [1.54, 1.807) is 38.1 Å². The van der Waals surface area contributed by atoms with E-state index in [1.807, 2.05) is 0 Å². The van der Waals surface area contributed by atoms with E-state index >= 15 is 0 Å². The van der Waals surface area contributed by atoms with Crippen LogP contribution >= 0.6 is 0 Å². The van der Waals surface area contributed by atoms with Gasteiger partial charge < -0.3 is 15.1 Å². The van der Waals surface area contributed by atoms with Gasteiger partial charge in [0.25, 0.3) is 0 Å². The van der Waals surface area contributed by atoms with Gasteiger partial charge in [0.05, 0.1) is 17.2 Å². The van der Waals surface area contributed by atoms with E-state index in [0.29, 0.717) is 11.4 Å². The second-order valence-corrected chi connectivity index (χ2v) is 7.66. The second-order valence-electron chi connectivity index (χ2n) is 7.66. The van der Waals surface area contributed by atoms with E-state index in [4.69, 9.17) is 0 Å². The summed E-state index contributed by atoms with van der Waals surface area (Å²) in [6, 6.07) is 10.4. The van der Waals surface area contributed by atoms with Crippen molar-refractivity contribution >= 4 is 5.82 Å². The second kappa shape index (κ2) is 8.98. The Bertz CT molecular complexity index is 1200. The number of halogens is 6. The number of anilines is 1. The number of pyridine rings is 2. The first-order chi connectivity index (χ1) is 15.4. The van der Waals surface area contributed by atoms with E-state index < -0.39 is 29.2 Å². The minimum absolute atomic E-state index is 0. The average molecular weight is 661 g/mol. The van der Waals surface area contributed by atoms with Crippen molar-refractivity contribution in [1.82, 2.24) is 25.2 Å². The summed E-state index contributed by atoms with van der Waals surface area (Å²) in [5.41, 5.74) is 0.339. The van der Waals surface area contributed by atoms with Gasteiger partial charge in [0.1, 0.15) is 5.82 Å². The van der Waals surface area contributed by atoms with Gasteiger partial charge in [0.15, 0.2) is 0 Å². The van der Waals surface area contributed by atoms with Gasteiger partial charge in [-0.15, -0.1) is 12.6 Å². The molecule has 0 bridgehead atoms. The number of hydrazine groups is 1. The largest absolute Gasteiger partial charge is 2.00 e. The van der Waals surface area contributed by atoms with E-state index in [-0.39, 0.29) is 32.7 Å². The van der Waals surface area contributed by atoms with Crippen LogP contribution in [0.15, 0.2) is 54.2 Å². The predicted molar refractivity (Wildman–Crippen MR) is 106 cm³/mol. The third-order valence-corrected chi connectivity index (χ3v) is 4.97. The Morgan fingerprint density at radius 1 is 0.853 bits per heavy atom. The summed E-state index contributed by atoms with van der Waals surface area (Å²) in [5, 5.41) is 4.62. The maximum Gasteiger partial charge on any atom is 2.00 e. The molecule has 0 aliphatic carbocycles. The van der Waals surface area contributed by atoms with Crippen molar-refractivity contribution in [3.63, 3.8) is 0 Å². The summed E-state index contributed by atoms with van der Waals surface area (Å²) in [4.78, 5) is 8.89. The molecule has 34 heavy (non-hydrogen) atoms.